The van der Waals surface area contributed by atoms with Gasteiger partial charge in [-0.15, -0.1) is 0 Å². The van der Waals surface area contributed by atoms with Crippen molar-refractivity contribution >= 4 is 52.9 Å². The Morgan fingerprint density at radius 3 is 2.31 bits per heavy atom. The van der Waals surface area contributed by atoms with Gasteiger partial charge in [0.2, 0.25) is 0 Å². The molecule has 4 amide bonds. The number of amides is 4. The van der Waals surface area contributed by atoms with Crippen LogP contribution in [0.5, 0.6) is 0 Å². The topological polar surface area (TPSA) is 186 Å². The molecule has 4 heterocycles. The number of rotatable bonds is 8. The molecule has 3 unspecified atom stereocenters. The number of hydrogen-bond acceptors (Lipinski definition) is 8. The summed E-state index contributed by atoms with van der Waals surface area (Å²) in [5, 5.41) is 22.6. The number of carboxylic acid groups (broad SMARTS) is 2. The lowest BCUT2D eigenvalue weighted by Crippen LogP contribution is -2.60. The number of ether oxygens (including phenoxy) is 1. The van der Waals surface area contributed by atoms with Crippen molar-refractivity contribution in [3.63, 3.8) is 0 Å². The van der Waals surface area contributed by atoms with Crippen molar-refractivity contribution in [1.29, 1.82) is 0 Å². The number of carboxylic acids is 2. The number of aliphatic carboxylic acids is 2. The number of para-hydroxylation sites is 1. The summed E-state index contributed by atoms with van der Waals surface area (Å²) < 4.78 is 47.4. The van der Waals surface area contributed by atoms with Gasteiger partial charge >= 0.3 is 30.2 Å². The quantitative estimate of drug-likeness (QED) is 0.267. The second-order valence-electron chi connectivity index (χ2n) is 14.5. The molecule has 6 rings (SSSR count). The number of urea groups is 1. The fraction of sp³-hybridized carbons (Fsp3) is 0.541. The number of hydrogen-bond donors (Lipinski definition) is 4. The second kappa shape index (κ2) is 16.5. The molecule has 4 aliphatic heterocycles. The van der Waals surface area contributed by atoms with Crippen molar-refractivity contribution < 1.29 is 52.1 Å². The molecule has 0 saturated carbocycles. The number of anilines is 2. The minimum atomic E-state index is -4.89. The van der Waals surface area contributed by atoms with Crippen molar-refractivity contribution in [2.24, 2.45) is 0 Å². The third-order valence-electron chi connectivity index (χ3n) is 11.2. The zero-order valence-corrected chi connectivity index (χ0v) is 30.7. The van der Waals surface area contributed by atoms with Crippen molar-refractivity contribution in [1.82, 2.24) is 19.6 Å². The number of fused-ring (bicyclic) bond motifs is 1. The van der Waals surface area contributed by atoms with Crippen LogP contribution in [0.15, 0.2) is 36.4 Å². The summed E-state index contributed by atoms with van der Waals surface area (Å²) >= 11 is 6.08. The van der Waals surface area contributed by atoms with E-state index >= 15 is 0 Å². The predicted molar refractivity (Wildman–Crippen MR) is 193 cm³/mol. The largest absolute Gasteiger partial charge is 0.480 e. The number of halogens is 4. The lowest BCUT2D eigenvalue weighted by molar-refractivity contribution is -0.159. The minimum Gasteiger partial charge on any atom is -0.480 e. The molecule has 14 nitrogen and oxygen atoms in total. The molecule has 55 heavy (non-hydrogen) atoms. The third-order valence-corrected chi connectivity index (χ3v) is 11.5. The van der Waals surface area contributed by atoms with E-state index in [4.69, 9.17) is 22.1 Å². The summed E-state index contributed by atoms with van der Waals surface area (Å²) in [7, 11) is 0. The first-order chi connectivity index (χ1) is 26.1. The zero-order chi connectivity index (χ0) is 39.6. The number of alkyl halides is 3. The Balaban J connectivity index is 1.19. The Hall–Kier alpha value is -4.77. The number of carbonyl (C=O) groups excluding carboxylic acids is 3. The van der Waals surface area contributed by atoms with Crippen LogP contribution in [0.25, 0.3) is 0 Å². The monoisotopic (exact) mass is 792 g/mol. The standard InChI is InChI=1S/C37H44ClF3N6O8/c38-26-18-21(17-25(31(26)42)37(39,40)41)19-30(32(48)47-16-11-24(20-29(47)34(51)52)45-12-4-3-7-28(45)33(49)50)55-36(54)44-13-9-23(10-14-44)46-15-8-22-5-1-2-6-27(22)43-35(46)53/h1-2,5-6,17-18,23-24,28-30H,3-4,7-16,19-20,42H2,(H,43,53)(H,49,50)(H,51,52)/t24?,28?,29?,30-/m1/s1. The number of nitrogens with zero attached hydrogens (tertiary/aromatic N) is 4. The van der Waals surface area contributed by atoms with Gasteiger partial charge in [-0.3, -0.25) is 14.5 Å². The van der Waals surface area contributed by atoms with E-state index in [2.05, 4.69) is 5.32 Å². The lowest BCUT2D eigenvalue weighted by Gasteiger charge is -2.45. The van der Waals surface area contributed by atoms with Gasteiger partial charge in [0, 0.05) is 50.4 Å². The highest BCUT2D eigenvalue weighted by Crippen LogP contribution is 2.38. The van der Waals surface area contributed by atoms with Gasteiger partial charge in [0.25, 0.3) is 5.91 Å². The average molecular weight is 793 g/mol. The molecular weight excluding hydrogens is 749 g/mol. The average Bonchev–Trinajstić information content (AvgIpc) is 3.32. The van der Waals surface area contributed by atoms with Gasteiger partial charge in [-0.25, -0.2) is 14.4 Å². The Morgan fingerprint density at radius 1 is 0.927 bits per heavy atom. The van der Waals surface area contributed by atoms with E-state index in [0.29, 0.717) is 51.3 Å². The molecule has 3 saturated heterocycles. The van der Waals surface area contributed by atoms with E-state index in [-0.39, 0.29) is 50.1 Å². The first-order valence-corrected chi connectivity index (χ1v) is 18.8. The fourth-order valence-corrected chi connectivity index (χ4v) is 8.54. The van der Waals surface area contributed by atoms with Crippen LogP contribution in [-0.2, 0) is 38.1 Å². The molecule has 2 aromatic carbocycles. The molecule has 0 aliphatic carbocycles. The van der Waals surface area contributed by atoms with Crippen LogP contribution in [0.1, 0.15) is 61.6 Å². The summed E-state index contributed by atoms with van der Waals surface area (Å²) in [5.74, 6) is -3.30. The Labute approximate surface area is 320 Å². The molecule has 4 aliphatic rings. The van der Waals surface area contributed by atoms with E-state index < -0.39 is 77.0 Å². The highest BCUT2D eigenvalue weighted by molar-refractivity contribution is 6.33. The van der Waals surface area contributed by atoms with E-state index in [0.717, 1.165) is 28.6 Å². The van der Waals surface area contributed by atoms with Crippen molar-refractivity contribution in [3.8, 4) is 0 Å². The van der Waals surface area contributed by atoms with Crippen LogP contribution >= 0.6 is 11.6 Å². The molecule has 3 fully saturated rings. The van der Waals surface area contributed by atoms with Crippen LogP contribution < -0.4 is 11.1 Å². The maximum atomic E-state index is 14.3. The molecule has 5 N–H and O–H groups in total. The van der Waals surface area contributed by atoms with Crippen molar-refractivity contribution in [2.75, 3.05) is 43.8 Å². The maximum absolute atomic E-state index is 14.3. The summed E-state index contributed by atoms with van der Waals surface area (Å²) in [4.78, 5) is 71.6. The molecule has 0 spiro atoms. The third kappa shape index (κ3) is 8.88. The van der Waals surface area contributed by atoms with Crippen LogP contribution in [0.3, 0.4) is 0 Å². The number of benzene rings is 2. The Morgan fingerprint density at radius 2 is 1.62 bits per heavy atom. The highest BCUT2D eigenvalue weighted by atomic mass is 35.5. The Kier molecular flexibility index (Phi) is 12.0. The van der Waals surface area contributed by atoms with Gasteiger partial charge in [0.05, 0.1) is 16.3 Å². The molecule has 18 heteroatoms. The van der Waals surface area contributed by atoms with Crippen LogP contribution in [-0.4, -0.2) is 123 Å². The van der Waals surface area contributed by atoms with Crippen molar-refractivity contribution in [3.05, 3.63) is 58.1 Å². The SMILES string of the molecule is Nc1c(Cl)cc(C[C@@H](OC(=O)N2CCC(N3CCc4ccccc4NC3=O)CC2)C(=O)N2CCC(N3CCCCC3C(=O)O)CC2C(=O)O)cc1C(F)(F)F. The first kappa shape index (κ1) is 39.9. The highest BCUT2D eigenvalue weighted by Gasteiger charge is 2.45. The Bertz CT molecular complexity index is 1810. The molecule has 0 bridgehead atoms. The summed E-state index contributed by atoms with van der Waals surface area (Å²) in [5.41, 5.74) is 5.29. The molecule has 0 aromatic heterocycles. The number of piperidine rings is 3. The normalized spacial score (nSPS) is 23.3. The molecule has 0 radical (unpaired) electrons. The van der Waals surface area contributed by atoms with Gasteiger partial charge in [-0.05, 0) is 80.8 Å². The number of nitrogen functional groups attached to an aromatic ring is 1. The molecule has 298 valence electrons. The fourth-order valence-electron chi connectivity index (χ4n) is 8.30. The first-order valence-electron chi connectivity index (χ1n) is 18.4. The molecular formula is C37H44ClF3N6O8. The predicted octanol–water partition coefficient (Wildman–Crippen LogP) is 4.93. The van der Waals surface area contributed by atoms with Gasteiger partial charge in [-0.2, -0.15) is 13.2 Å². The van der Waals surface area contributed by atoms with Crippen LogP contribution in [0.4, 0.5) is 34.1 Å². The van der Waals surface area contributed by atoms with E-state index in [1.54, 1.807) is 9.80 Å². The van der Waals surface area contributed by atoms with Gasteiger partial charge in [0.15, 0.2) is 6.10 Å². The van der Waals surface area contributed by atoms with Crippen molar-refractivity contribution in [2.45, 2.75) is 94.2 Å². The van der Waals surface area contributed by atoms with E-state index in [1.165, 1.54) is 4.90 Å². The van der Waals surface area contributed by atoms with E-state index in [9.17, 15) is 47.4 Å². The minimum absolute atomic E-state index is 0.0971. The zero-order valence-electron chi connectivity index (χ0n) is 30.0. The number of likely N-dealkylation sites (tertiary alicyclic amines) is 3. The van der Waals surface area contributed by atoms with Crippen LogP contribution in [0.2, 0.25) is 5.02 Å². The summed E-state index contributed by atoms with van der Waals surface area (Å²) in [6.07, 6.45) is -4.73. The lowest BCUT2D eigenvalue weighted by atomic mass is 9.90. The molecule has 2 aromatic rings. The summed E-state index contributed by atoms with van der Waals surface area (Å²) in [6, 6.07) is 6.23. The molecule has 4 atom stereocenters. The summed E-state index contributed by atoms with van der Waals surface area (Å²) in [6.45, 7) is 1.09. The second-order valence-corrected chi connectivity index (χ2v) is 14.9. The maximum Gasteiger partial charge on any atom is 0.418 e. The van der Waals surface area contributed by atoms with Gasteiger partial charge in [-0.1, -0.05) is 36.2 Å². The number of carbonyl (C=O) groups is 5. The number of nitrogens with one attached hydrogen (secondary N) is 1. The van der Waals surface area contributed by atoms with Crippen LogP contribution in [0, 0.1) is 0 Å². The van der Waals surface area contributed by atoms with Gasteiger partial charge < -0.3 is 40.7 Å². The smallest absolute Gasteiger partial charge is 0.418 e. The number of nitrogens with two attached hydrogens (primary N) is 1. The van der Waals surface area contributed by atoms with Gasteiger partial charge in [0.1, 0.15) is 12.1 Å². The van der Waals surface area contributed by atoms with E-state index in [1.807, 2.05) is 24.3 Å².